The molecule has 2 aromatic carbocycles. The largest absolute Gasteiger partial charge is 0.459 e. The molecule has 5 heteroatoms. The number of para-hydroxylation sites is 1. The smallest absolute Gasteiger partial charge is 0.229 e. The number of fused-ring (bicyclic) bond motifs is 1. The summed E-state index contributed by atoms with van der Waals surface area (Å²) in [6.45, 7) is 2.90. The van der Waals surface area contributed by atoms with Gasteiger partial charge in [-0.3, -0.25) is 14.5 Å². The molecule has 0 unspecified atom stereocenters. The molecule has 132 valence electrons. The number of amides is 2. The first-order valence-corrected chi connectivity index (χ1v) is 8.74. The van der Waals surface area contributed by atoms with Crippen LogP contribution >= 0.6 is 0 Å². The normalized spacial score (nSPS) is 14.4. The predicted octanol–water partition coefficient (Wildman–Crippen LogP) is 4.00. The molecule has 0 radical (unpaired) electrons. The van der Waals surface area contributed by atoms with Crippen LogP contribution in [0.3, 0.4) is 0 Å². The fraction of sp³-hybridized carbons (Fsp3) is 0.238. The van der Waals surface area contributed by atoms with Gasteiger partial charge in [0.05, 0.1) is 13.1 Å². The second-order valence-electron chi connectivity index (χ2n) is 6.64. The van der Waals surface area contributed by atoms with Gasteiger partial charge in [0.1, 0.15) is 11.3 Å². The highest BCUT2D eigenvalue weighted by Crippen LogP contribution is 2.24. The zero-order chi connectivity index (χ0) is 18.1. The summed E-state index contributed by atoms with van der Waals surface area (Å²) in [6, 6.07) is 15.9. The highest BCUT2D eigenvalue weighted by Gasteiger charge is 2.29. The molecule has 1 N–H and O–H groups in total. The number of nitrogens with zero attached hydrogens (tertiary/aromatic N) is 1. The standard InChI is InChI=1S/C21H20N2O3/c1-14-6-7-19-16(10-14)11-17(26-19)12-22-18-5-3-2-4-15(18)13-23-20(24)8-9-21(23)25/h2-7,10-11,22H,8-9,12-13H2,1H3. The summed E-state index contributed by atoms with van der Waals surface area (Å²) in [4.78, 5) is 25.1. The number of furan rings is 1. The van der Waals surface area contributed by atoms with E-state index in [1.807, 2.05) is 42.5 Å². The Labute approximate surface area is 151 Å². The number of benzene rings is 2. The van der Waals surface area contributed by atoms with Gasteiger partial charge in [-0.2, -0.15) is 0 Å². The average molecular weight is 348 g/mol. The fourth-order valence-electron chi connectivity index (χ4n) is 3.29. The van der Waals surface area contributed by atoms with E-state index in [9.17, 15) is 9.59 Å². The summed E-state index contributed by atoms with van der Waals surface area (Å²) in [5, 5.41) is 4.45. The molecule has 0 spiro atoms. The van der Waals surface area contributed by atoms with Crippen molar-refractivity contribution in [3.05, 3.63) is 65.4 Å². The van der Waals surface area contributed by atoms with Gasteiger partial charge in [-0.05, 0) is 36.8 Å². The molecule has 0 bridgehead atoms. The minimum atomic E-state index is -0.0996. The van der Waals surface area contributed by atoms with Crippen LogP contribution in [-0.4, -0.2) is 16.7 Å². The molecular formula is C21H20N2O3. The van der Waals surface area contributed by atoms with Crippen LogP contribution in [0.2, 0.25) is 0 Å². The number of rotatable bonds is 5. The highest BCUT2D eigenvalue weighted by molar-refractivity contribution is 6.01. The van der Waals surface area contributed by atoms with Gasteiger partial charge in [-0.1, -0.05) is 29.8 Å². The lowest BCUT2D eigenvalue weighted by Crippen LogP contribution is -2.28. The van der Waals surface area contributed by atoms with Crippen LogP contribution in [0.4, 0.5) is 5.69 Å². The average Bonchev–Trinajstić information content (AvgIpc) is 3.18. The van der Waals surface area contributed by atoms with Gasteiger partial charge in [0.2, 0.25) is 11.8 Å². The summed E-state index contributed by atoms with van der Waals surface area (Å²) in [6.07, 6.45) is 0.625. The second-order valence-corrected chi connectivity index (χ2v) is 6.64. The monoisotopic (exact) mass is 348 g/mol. The van der Waals surface area contributed by atoms with Crippen molar-refractivity contribution < 1.29 is 14.0 Å². The van der Waals surface area contributed by atoms with Crippen molar-refractivity contribution in [2.75, 3.05) is 5.32 Å². The maximum absolute atomic E-state index is 11.9. The van der Waals surface area contributed by atoms with Gasteiger partial charge in [0.15, 0.2) is 0 Å². The maximum atomic E-state index is 11.9. The molecule has 1 fully saturated rings. The Morgan fingerprint density at radius 2 is 1.81 bits per heavy atom. The Hall–Kier alpha value is -3.08. The first kappa shape index (κ1) is 16.4. The van der Waals surface area contributed by atoms with E-state index >= 15 is 0 Å². The third-order valence-electron chi connectivity index (χ3n) is 4.68. The highest BCUT2D eigenvalue weighted by atomic mass is 16.3. The lowest BCUT2D eigenvalue weighted by molar-refractivity contribution is -0.139. The molecule has 1 aliphatic rings. The quantitative estimate of drug-likeness (QED) is 0.708. The van der Waals surface area contributed by atoms with E-state index in [-0.39, 0.29) is 11.8 Å². The minimum Gasteiger partial charge on any atom is -0.459 e. The Kier molecular flexibility index (Phi) is 4.21. The molecule has 0 atom stereocenters. The van der Waals surface area contributed by atoms with Crippen molar-refractivity contribution in [2.45, 2.75) is 32.9 Å². The van der Waals surface area contributed by atoms with Gasteiger partial charge in [-0.25, -0.2) is 0 Å². The third-order valence-corrected chi connectivity index (χ3v) is 4.68. The number of hydrogen-bond donors (Lipinski definition) is 1. The first-order chi connectivity index (χ1) is 12.6. The van der Waals surface area contributed by atoms with Crippen molar-refractivity contribution in [3.8, 4) is 0 Å². The van der Waals surface area contributed by atoms with Gasteiger partial charge >= 0.3 is 0 Å². The van der Waals surface area contributed by atoms with Crippen molar-refractivity contribution in [1.82, 2.24) is 4.90 Å². The van der Waals surface area contributed by atoms with Gasteiger partial charge in [0, 0.05) is 23.9 Å². The second kappa shape index (κ2) is 6.67. The molecule has 1 aliphatic heterocycles. The third kappa shape index (κ3) is 3.20. The molecule has 2 heterocycles. The van der Waals surface area contributed by atoms with Crippen molar-refractivity contribution in [3.63, 3.8) is 0 Å². The van der Waals surface area contributed by atoms with Crippen LogP contribution in [0.15, 0.2) is 52.9 Å². The zero-order valence-corrected chi connectivity index (χ0v) is 14.6. The summed E-state index contributed by atoms with van der Waals surface area (Å²) >= 11 is 0. The van der Waals surface area contributed by atoms with Gasteiger partial charge < -0.3 is 9.73 Å². The summed E-state index contributed by atoms with van der Waals surface area (Å²) < 4.78 is 5.87. The van der Waals surface area contributed by atoms with Crippen LogP contribution in [-0.2, 0) is 22.7 Å². The minimum absolute atomic E-state index is 0.0996. The molecule has 3 aromatic rings. The van der Waals surface area contributed by atoms with E-state index in [1.165, 1.54) is 10.5 Å². The number of carbonyl (C=O) groups is 2. The van der Waals surface area contributed by atoms with E-state index in [2.05, 4.69) is 18.3 Å². The Morgan fingerprint density at radius 1 is 1.04 bits per heavy atom. The van der Waals surface area contributed by atoms with Gasteiger partial charge in [0.25, 0.3) is 0 Å². The number of carbonyl (C=O) groups excluding carboxylic acids is 2. The number of nitrogens with one attached hydrogen (secondary N) is 1. The molecular weight excluding hydrogens is 328 g/mol. The van der Waals surface area contributed by atoms with E-state index in [4.69, 9.17) is 4.42 Å². The van der Waals surface area contributed by atoms with Crippen molar-refractivity contribution >= 4 is 28.5 Å². The van der Waals surface area contributed by atoms with E-state index in [0.29, 0.717) is 25.9 Å². The molecule has 1 aromatic heterocycles. The molecule has 5 nitrogen and oxygen atoms in total. The number of likely N-dealkylation sites (tertiary alicyclic amines) is 1. The number of imide groups is 1. The molecule has 2 amide bonds. The molecule has 0 saturated carbocycles. The molecule has 26 heavy (non-hydrogen) atoms. The zero-order valence-electron chi connectivity index (χ0n) is 14.6. The Balaban J connectivity index is 1.51. The summed E-state index contributed by atoms with van der Waals surface area (Å²) in [5.41, 5.74) is 3.89. The van der Waals surface area contributed by atoms with Crippen LogP contribution < -0.4 is 5.32 Å². The lowest BCUT2D eigenvalue weighted by atomic mass is 10.1. The van der Waals surface area contributed by atoms with Crippen LogP contribution in [0.25, 0.3) is 11.0 Å². The SMILES string of the molecule is Cc1ccc2oc(CNc3ccccc3CN3C(=O)CCC3=O)cc2c1. The lowest BCUT2D eigenvalue weighted by Gasteiger charge is -2.17. The van der Waals surface area contributed by atoms with Crippen LogP contribution in [0, 0.1) is 6.92 Å². The first-order valence-electron chi connectivity index (χ1n) is 8.74. The van der Waals surface area contributed by atoms with Gasteiger partial charge in [-0.15, -0.1) is 0 Å². The Bertz CT molecular complexity index is 974. The Morgan fingerprint density at radius 3 is 2.62 bits per heavy atom. The number of hydrogen-bond acceptors (Lipinski definition) is 4. The van der Waals surface area contributed by atoms with Crippen LogP contribution in [0.1, 0.15) is 29.7 Å². The molecule has 0 aliphatic carbocycles. The maximum Gasteiger partial charge on any atom is 0.229 e. The van der Waals surface area contributed by atoms with E-state index in [0.717, 1.165) is 28.0 Å². The topological polar surface area (TPSA) is 62.6 Å². The van der Waals surface area contributed by atoms with Crippen LogP contribution in [0.5, 0.6) is 0 Å². The van der Waals surface area contributed by atoms with Crippen molar-refractivity contribution in [2.24, 2.45) is 0 Å². The fourth-order valence-corrected chi connectivity index (χ4v) is 3.29. The van der Waals surface area contributed by atoms with Crippen molar-refractivity contribution in [1.29, 1.82) is 0 Å². The summed E-state index contributed by atoms with van der Waals surface area (Å²) in [5.74, 6) is 0.642. The number of aryl methyl sites for hydroxylation is 1. The molecule has 4 rings (SSSR count). The summed E-state index contributed by atoms with van der Waals surface area (Å²) in [7, 11) is 0. The number of anilines is 1. The van der Waals surface area contributed by atoms with E-state index in [1.54, 1.807) is 0 Å². The van der Waals surface area contributed by atoms with E-state index < -0.39 is 0 Å². The molecule has 1 saturated heterocycles. The predicted molar refractivity (Wildman–Crippen MR) is 99.5 cm³/mol.